The van der Waals surface area contributed by atoms with Gasteiger partial charge in [-0.3, -0.25) is 9.61 Å². The van der Waals surface area contributed by atoms with Gasteiger partial charge in [0, 0.05) is 6.20 Å². The van der Waals surface area contributed by atoms with Gasteiger partial charge < -0.3 is 0 Å². The van der Waals surface area contributed by atoms with Crippen molar-refractivity contribution in [3.63, 3.8) is 0 Å². The molecule has 2 heterocycles. The Kier molecular flexibility index (Phi) is 1.29. The summed E-state index contributed by atoms with van der Waals surface area (Å²) in [6.07, 6.45) is 3.57. The molecule has 0 saturated heterocycles. The van der Waals surface area contributed by atoms with E-state index >= 15 is 0 Å². The van der Waals surface area contributed by atoms with Gasteiger partial charge in [0.15, 0.2) is 4.64 Å². The van der Waals surface area contributed by atoms with E-state index < -0.39 is 0 Å². The lowest BCUT2D eigenvalue weighted by atomic mass is 10.4. The number of aryl methyl sites for hydroxylation is 1. The van der Waals surface area contributed by atoms with E-state index in [9.17, 15) is 0 Å². The summed E-state index contributed by atoms with van der Waals surface area (Å²) in [5.74, 6) is 0. The van der Waals surface area contributed by atoms with Gasteiger partial charge in [-0.2, -0.15) is 0 Å². The zero-order chi connectivity index (χ0) is 7.84. The van der Waals surface area contributed by atoms with Crippen molar-refractivity contribution in [2.75, 3.05) is 0 Å². The fraction of sp³-hybridized carbons (Fsp3) is 0.143. The maximum absolute atomic E-state index is 5.02. The van der Waals surface area contributed by atoms with Crippen molar-refractivity contribution in [2.45, 2.75) is 6.92 Å². The molecule has 2 aromatic rings. The van der Waals surface area contributed by atoms with Crippen LogP contribution in [0, 0.1) is 11.6 Å². The molecule has 0 unspecified atom stereocenters. The number of nitrogens with one attached hydrogen (secondary N) is 1. The third-order valence-electron chi connectivity index (χ3n) is 1.55. The van der Waals surface area contributed by atoms with Crippen LogP contribution in [-0.4, -0.2) is 14.6 Å². The molecule has 0 atom stereocenters. The van der Waals surface area contributed by atoms with Crippen molar-refractivity contribution in [2.24, 2.45) is 0 Å². The summed E-state index contributed by atoms with van der Waals surface area (Å²) >= 11 is 5.02. The van der Waals surface area contributed by atoms with Crippen LogP contribution in [0.15, 0.2) is 18.6 Å². The van der Waals surface area contributed by atoms with Crippen LogP contribution in [0.25, 0.3) is 5.52 Å². The highest BCUT2D eigenvalue weighted by molar-refractivity contribution is 7.71. The van der Waals surface area contributed by atoms with E-state index in [1.165, 1.54) is 5.56 Å². The minimum absolute atomic E-state index is 0.636. The predicted molar refractivity (Wildman–Crippen MR) is 45.1 cm³/mol. The molecule has 0 saturated carbocycles. The van der Waals surface area contributed by atoms with Gasteiger partial charge in [0.2, 0.25) is 0 Å². The van der Waals surface area contributed by atoms with Gasteiger partial charge in [-0.25, -0.2) is 4.98 Å². The Hall–Kier alpha value is -1.16. The number of hydrogen-bond acceptors (Lipinski definition) is 2. The Labute approximate surface area is 68.7 Å². The summed E-state index contributed by atoms with van der Waals surface area (Å²) in [6, 6.07) is 2.01. The van der Waals surface area contributed by atoms with Gasteiger partial charge in [-0.15, -0.1) is 0 Å². The van der Waals surface area contributed by atoms with Gasteiger partial charge in [-0.05, 0) is 18.6 Å². The third kappa shape index (κ3) is 0.952. The first-order valence-electron chi connectivity index (χ1n) is 3.30. The van der Waals surface area contributed by atoms with Crippen molar-refractivity contribution in [3.05, 3.63) is 28.8 Å². The van der Waals surface area contributed by atoms with Crippen LogP contribution in [-0.2, 0) is 0 Å². The topological polar surface area (TPSA) is 33.1 Å². The van der Waals surface area contributed by atoms with Gasteiger partial charge in [-0.1, -0.05) is 12.2 Å². The summed E-state index contributed by atoms with van der Waals surface area (Å²) in [4.78, 5) is 3.96. The molecule has 11 heavy (non-hydrogen) atoms. The van der Waals surface area contributed by atoms with Crippen molar-refractivity contribution in [1.82, 2.24) is 14.6 Å². The van der Waals surface area contributed by atoms with Crippen LogP contribution in [0.3, 0.4) is 0 Å². The first-order valence-corrected chi connectivity index (χ1v) is 3.70. The quantitative estimate of drug-likeness (QED) is 0.603. The number of aromatic nitrogens is 3. The van der Waals surface area contributed by atoms with Crippen molar-refractivity contribution < 1.29 is 0 Å². The summed E-state index contributed by atoms with van der Waals surface area (Å²) < 4.78 is 2.50. The first kappa shape index (κ1) is 6.54. The van der Waals surface area contributed by atoms with Gasteiger partial charge in [0.25, 0.3) is 0 Å². The number of fused-ring (bicyclic) bond motifs is 1. The molecule has 2 rings (SSSR count). The van der Waals surface area contributed by atoms with E-state index in [1.807, 2.05) is 23.7 Å². The number of hydrogen-bond donors (Lipinski definition) is 1. The zero-order valence-corrected chi connectivity index (χ0v) is 6.85. The minimum Gasteiger partial charge on any atom is -0.284 e. The van der Waals surface area contributed by atoms with E-state index in [2.05, 4.69) is 10.1 Å². The van der Waals surface area contributed by atoms with Crippen molar-refractivity contribution in [1.29, 1.82) is 0 Å². The van der Waals surface area contributed by atoms with Crippen molar-refractivity contribution in [3.8, 4) is 0 Å². The van der Waals surface area contributed by atoms with Crippen molar-refractivity contribution >= 4 is 17.7 Å². The molecule has 0 spiro atoms. The molecule has 0 amide bonds. The highest BCUT2D eigenvalue weighted by Gasteiger charge is 1.95. The molecule has 1 N–H and O–H groups in total. The summed E-state index contributed by atoms with van der Waals surface area (Å²) in [5.41, 5.74) is 2.14. The molecule has 0 aliphatic carbocycles. The molecule has 2 aromatic heterocycles. The van der Waals surface area contributed by atoms with E-state index in [0.29, 0.717) is 4.64 Å². The average molecular weight is 165 g/mol. The second-order valence-electron chi connectivity index (χ2n) is 2.47. The molecular weight excluding hydrogens is 158 g/mol. The Balaban J connectivity index is 3.02. The minimum atomic E-state index is 0.636. The number of rotatable bonds is 0. The van der Waals surface area contributed by atoms with Crippen LogP contribution < -0.4 is 0 Å². The maximum Gasteiger partial charge on any atom is 0.153 e. The van der Waals surface area contributed by atoms with E-state index in [1.54, 1.807) is 6.33 Å². The second kappa shape index (κ2) is 2.17. The van der Waals surface area contributed by atoms with E-state index in [0.717, 1.165) is 5.52 Å². The smallest absolute Gasteiger partial charge is 0.153 e. The monoisotopic (exact) mass is 165 g/mol. The Morgan fingerprint density at radius 3 is 3.18 bits per heavy atom. The fourth-order valence-electron chi connectivity index (χ4n) is 1.08. The molecule has 0 bridgehead atoms. The molecule has 4 heteroatoms. The fourth-order valence-corrected chi connectivity index (χ4v) is 1.29. The second-order valence-corrected chi connectivity index (χ2v) is 2.85. The largest absolute Gasteiger partial charge is 0.284 e. The number of aromatic amines is 1. The molecular formula is C7H7N3S. The summed E-state index contributed by atoms with van der Waals surface area (Å²) in [6.45, 7) is 2.02. The Bertz CT molecular complexity index is 440. The van der Waals surface area contributed by atoms with Crippen LogP contribution in [0.4, 0.5) is 0 Å². The van der Waals surface area contributed by atoms with Gasteiger partial charge in [0.1, 0.15) is 6.33 Å². The van der Waals surface area contributed by atoms with Crippen LogP contribution in [0.1, 0.15) is 5.56 Å². The Morgan fingerprint density at radius 1 is 1.64 bits per heavy atom. The predicted octanol–water partition coefficient (Wildman–Crippen LogP) is 1.70. The molecule has 3 nitrogen and oxygen atoms in total. The third-order valence-corrected chi connectivity index (χ3v) is 1.87. The molecule has 0 radical (unpaired) electrons. The number of nitrogens with zero attached hydrogens (tertiary/aromatic N) is 2. The Morgan fingerprint density at radius 2 is 2.45 bits per heavy atom. The molecule has 56 valence electrons. The zero-order valence-electron chi connectivity index (χ0n) is 6.03. The molecule has 0 aliphatic rings. The number of H-pyrrole nitrogens is 1. The highest BCUT2D eigenvalue weighted by atomic mass is 32.1. The van der Waals surface area contributed by atoms with Crippen LogP contribution >= 0.6 is 12.2 Å². The molecule has 0 aromatic carbocycles. The van der Waals surface area contributed by atoms with Gasteiger partial charge >= 0.3 is 0 Å². The summed E-state index contributed by atoms with van der Waals surface area (Å²) in [5, 5.41) is 2.95. The molecule has 0 aliphatic heterocycles. The normalized spacial score (nSPS) is 10.6. The van der Waals surface area contributed by atoms with E-state index in [-0.39, 0.29) is 0 Å². The maximum atomic E-state index is 5.02. The standard InChI is InChI=1S/C7H7N3S/c1-5-2-6-7(11)8-4-9-10(6)3-5/h2-4H,1H3,(H,8,9,11). The SMILES string of the molecule is Cc1cc2c(=S)nc[nH]n2c1. The summed E-state index contributed by atoms with van der Waals surface area (Å²) in [7, 11) is 0. The molecule has 0 fully saturated rings. The lowest BCUT2D eigenvalue weighted by Crippen LogP contribution is -1.89. The highest BCUT2D eigenvalue weighted by Crippen LogP contribution is 2.06. The van der Waals surface area contributed by atoms with Crippen LogP contribution in [0.5, 0.6) is 0 Å². The van der Waals surface area contributed by atoms with Gasteiger partial charge in [0.05, 0.1) is 5.52 Å². The van der Waals surface area contributed by atoms with E-state index in [4.69, 9.17) is 12.2 Å². The average Bonchev–Trinajstić information content (AvgIpc) is 2.31. The van der Waals surface area contributed by atoms with Crippen LogP contribution in [0.2, 0.25) is 0 Å². The lowest BCUT2D eigenvalue weighted by molar-refractivity contribution is 0.896. The first-order chi connectivity index (χ1) is 5.27. The lowest BCUT2D eigenvalue weighted by Gasteiger charge is -1.90.